The number of ketones is 1. The van der Waals surface area contributed by atoms with Crippen molar-refractivity contribution in [3.63, 3.8) is 0 Å². The molecule has 1 heterocycles. The smallest absolute Gasteiger partial charge is 0.269 e. The van der Waals surface area contributed by atoms with E-state index in [1.54, 1.807) is 0 Å². The fraction of sp³-hybridized carbons (Fsp3) is 0.706. The molecular formula is C17H25Br2NO3. The number of Topliss-reactive ketones (excluding diaryl/α,β-unsaturated/α-hetero) is 1. The van der Waals surface area contributed by atoms with Gasteiger partial charge in [-0.25, -0.2) is 0 Å². The van der Waals surface area contributed by atoms with E-state index in [1.807, 2.05) is 13.8 Å². The Labute approximate surface area is 155 Å². The Hall–Kier alpha value is -0.490. The third kappa shape index (κ3) is 6.49. The molecule has 6 heteroatoms. The number of carbonyl (C=O) groups excluding carboxylic acids is 3. The molecule has 0 spiro atoms. The van der Waals surface area contributed by atoms with Crippen molar-refractivity contribution in [2.45, 2.75) is 65.2 Å². The highest BCUT2D eigenvalue weighted by atomic mass is 79.9. The summed E-state index contributed by atoms with van der Waals surface area (Å²) < 4.78 is 0.636. The van der Waals surface area contributed by atoms with E-state index in [2.05, 4.69) is 31.9 Å². The Bertz CT molecular complexity index is 462. The van der Waals surface area contributed by atoms with Gasteiger partial charge in [0.2, 0.25) is 0 Å². The molecule has 1 aliphatic rings. The zero-order valence-electron chi connectivity index (χ0n) is 13.9. The summed E-state index contributed by atoms with van der Waals surface area (Å²) in [4.78, 5) is 36.4. The van der Waals surface area contributed by atoms with Crippen molar-refractivity contribution >= 4 is 49.5 Å². The van der Waals surface area contributed by atoms with E-state index in [9.17, 15) is 14.4 Å². The lowest BCUT2D eigenvalue weighted by Gasteiger charge is -2.13. The number of hydrogen-bond donors (Lipinski definition) is 0. The fourth-order valence-electron chi connectivity index (χ4n) is 2.46. The minimum atomic E-state index is -0.253. The van der Waals surface area contributed by atoms with Gasteiger partial charge >= 0.3 is 0 Å². The fourth-order valence-corrected chi connectivity index (χ4v) is 3.23. The second-order valence-corrected chi connectivity index (χ2v) is 7.82. The summed E-state index contributed by atoms with van der Waals surface area (Å²) in [7, 11) is 0. The number of carbonyl (C=O) groups is 3. The van der Waals surface area contributed by atoms with Gasteiger partial charge < -0.3 is 0 Å². The predicted molar refractivity (Wildman–Crippen MR) is 98.4 cm³/mol. The van der Waals surface area contributed by atoms with Gasteiger partial charge in [0.15, 0.2) is 0 Å². The molecule has 0 unspecified atom stereocenters. The second-order valence-electron chi connectivity index (χ2n) is 6.24. The summed E-state index contributed by atoms with van der Waals surface area (Å²) in [5, 5.41) is 0. The number of unbranched alkanes of at least 4 members (excludes halogenated alkanes) is 6. The van der Waals surface area contributed by atoms with E-state index >= 15 is 0 Å². The van der Waals surface area contributed by atoms with Crippen molar-refractivity contribution in [2.75, 3.05) is 6.54 Å². The summed E-state index contributed by atoms with van der Waals surface area (Å²) in [6.07, 6.45) is 8.03. The average Bonchev–Trinajstić information content (AvgIpc) is 2.70. The zero-order chi connectivity index (χ0) is 17.4. The van der Waals surface area contributed by atoms with Crippen molar-refractivity contribution in [2.24, 2.45) is 5.92 Å². The summed E-state index contributed by atoms with van der Waals surface area (Å²) in [5.41, 5.74) is 0. The first kappa shape index (κ1) is 20.6. The number of nitrogens with zero attached hydrogens (tertiary/aromatic N) is 1. The first-order valence-electron chi connectivity index (χ1n) is 8.30. The molecule has 0 saturated heterocycles. The van der Waals surface area contributed by atoms with Gasteiger partial charge in [0, 0.05) is 18.9 Å². The lowest BCUT2D eigenvalue weighted by Crippen LogP contribution is -2.32. The maximum atomic E-state index is 11.8. The zero-order valence-corrected chi connectivity index (χ0v) is 17.0. The largest absolute Gasteiger partial charge is 0.299 e. The van der Waals surface area contributed by atoms with Gasteiger partial charge in [-0.1, -0.05) is 46.0 Å². The second kappa shape index (κ2) is 10.4. The van der Waals surface area contributed by atoms with Crippen molar-refractivity contribution < 1.29 is 14.4 Å². The van der Waals surface area contributed by atoms with Gasteiger partial charge in [-0.2, -0.15) is 0 Å². The number of hydrogen-bond acceptors (Lipinski definition) is 3. The van der Waals surface area contributed by atoms with Gasteiger partial charge in [0.1, 0.15) is 14.7 Å². The molecule has 0 aliphatic carbocycles. The van der Waals surface area contributed by atoms with Crippen LogP contribution in [-0.2, 0) is 14.4 Å². The molecule has 0 aromatic carbocycles. The number of rotatable bonds is 11. The van der Waals surface area contributed by atoms with E-state index in [0.717, 1.165) is 44.9 Å². The van der Waals surface area contributed by atoms with Gasteiger partial charge in [0.05, 0.1) is 0 Å². The van der Waals surface area contributed by atoms with Crippen molar-refractivity contribution in [1.82, 2.24) is 4.90 Å². The number of imide groups is 1. The lowest BCUT2D eigenvalue weighted by atomic mass is 10.0. The van der Waals surface area contributed by atoms with Crippen LogP contribution in [-0.4, -0.2) is 29.0 Å². The average molecular weight is 451 g/mol. The Morgan fingerprint density at radius 2 is 1.30 bits per heavy atom. The van der Waals surface area contributed by atoms with E-state index in [4.69, 9.17) is 0 Å². The minimum Gasteiger partial charge on any atom is -0.299 e. The van der Waals surface area contributed by atoms with Gasteiger partial charge in [-0.05, 0) is 44.7 Å². The highest BCUT2D eigenvalue weighted by molar-refractivity contribution is 9.14. The van der Waals surface area contributed by atoms with Crippen LogP contribution < -0.4 is 0 Å². The Kier molecular flexibility index (Phi) is 9.29. The molecule has 0 saturated carbocycles. The summed E-state index contributed by atoms with van der Waals surface area (Å²) in [5.74, 6) is 0.00448. The van der Waals surface area contributed by atoms with Crippen LogP contribution in [0.3, 0.4) is 0 Å². The van der Waals surface area contributed by atoms with Crippen molar-refractivity contribution in [3.05, 3.63) is 8.96 Å². The molecular weight excluding hydrogens is 426 g/mol. The summed E-state index contributed by atoms with van der Waals surface area (Å²) in [6, 6.07) is 0. The summed E-state index contributed by atoms with van der Waals surface area (Å²) in [6.45, 7) is 4.38. The molecule has 1 aliphatic heterocycles. The van der Waals surface area contributed by atoms with Crippen LogP contribution in [0, 0.1) is 5.92 Å². The highest BCUT2D eigenvalue weighted by Crippen LogP contribution is 2.29. The molecule has 0 bridgehead atoms. The topological polar surface area (TPSA) is 54.5 Å². The third-order valence-corrected chi connectivity index (χ3v) is 6.01. The van der Waals surface area contributed by atoms with Crippen LogP contribution in [0.5, 0.6) is 0 Å². The van der Waals surface area contributed by atoms with Gasteiger partial charge in [-0.3, -0.25) is 19.3 Å². The predicted octanol–water partition coefficient (Wildman–Crippen LogP) is 4.70. The normalized spacial score (nSPS) is 15.3. The van der Waals surface area contributed by atoms with Crippen LogP contribution in [0.25, 0.3) is 0 Å². The Morgan fingerprint density at radius 1 is 0.870 bits per heavy atom. The Morgan fingerprint density at radius 3 is 1.78 bits per heavy atom. The molecule has 0 N–H and O–H groups in total. The molecule has 0 radical (unpaired) electrons. The van der Waals surface area contributed by atoms with E-state index in [0.29, 0.717) is 27.7 Å². The van der Waals surface area contributed by atoms with Crippen molar-refractivity contribution in [1.29, 1.82) is 0 Å². The lowest BCUT2D eigenvalue weighted by molar-refractivity contribution is -0.137. The van der Waals surface area contributed by atoms with Crippen LogP contribution >= 0.6 is 31.9 Å². The third-order valence-electron chi connectivity index (χ3n) is 4.01. The van der Waals surface area contributed by atoms with E-state index in [-0.39, 0.29) is 17.7 Å². The molecule has 0 aromatic heterocycles. The molecule has 4 nitrogen and oxygen atoms in total. The van der Waals surface area contributed by atoms with E-state index in [1.165, 1.54) is 4.90 Å². The maximum Gasteiger partial charge on any atom is 0.269 e. The number of halogens is 2. The maximum absolute atomic E-state index is 11.8. The van der Waals surface area contributed by atoms with Crippen molar-refractivity contribution in [3.8, 4) is 0 Å². The molecule has 0 aromatic rings. The molecule has 1 rings (SSSR count). The van der Waals surface area contributed by atoms with Gasteiger partial charge in [-0.15, -0.1) is 0 Å². The minimum absolute atomic E-state index is 0.153. The quantitative estimate of drug-likeness (QED) is 0.338. The van der Waals surface area contributed by atoms with Crippen LogP contribution in [0.2, 0.25) is 0 Å². The molecule has 23 heavy (non-hydrogen) atoms. The SMILES string of the molecule is CC(C)C(=O)CCCCCCCCCN1C(=O)C(Br)=C(Br)C1=O. The summed E-state index contributed by atoms with van der Waals surface area (Å²) >= 11 is 6.25. The van der Waals surface area contributed by atoms with E-state index < -0.39 is 0 Å². The Balaban J connectivity index is 2.02. The van der Waals surface area contributed by atoms with Crippen LogP contribution in [0.15, 0.2) is 8.96 Å². The highest BCUT2D eigenvalue weighted by Gasteiger charge is 2.35. The standard InChI is InChI=1S/C17H25Br2NO3/c1-12(2)13(21)10-8-6-4-3-5-7-9-11-20-16(22)14(18)15(19)17(20)23/h12H,3-11H2,1-2H3. The molecule has 0 atom stereocenters. The van der Waals surface area contributed by atoms with Crippen LogP contribution in [0.4, 0.5) is 0 Å². The molecule has 0 fully saturated rings. The molecule has 2 amide bonds. The monoisotopic (exact) mass is 449 g/mol. The van der Waals surface area contributed by atoms with Gasteiger partial charge in [0.25, 0.3) is 11.8 Å². The molecule has 130 valence electrons. The first-order valence-corrected chi connectivity index (χ1v) is 9.89. The first-order chi connectivity index (χ1) is 10.9. The number of amides is 2. The van der Waals surface area contributed by atoms with Crippen LogP contribution in [0.1, 0.15) is 65.2 Å².